The first-order chi connectivity index (χ1) is 8.15. The summed E-state index contributed by atoms with van der Waals surface area (Å²) in [4.78, 5) is 0. The average Bonchev–Trinajstić information content (AvgIpc) is 2.24. The first-order valence-electron chi connectivity index (χ1n) is 6.93. The lowest BCUT2D eigenvalue weighted by atomic mass is 9.93. The minimum Gasteiger partial charge on any atom is -0.317 e. The van der Waals surface area contributed by atoms with Crippen LogP contribution in [0.1, 0.15) is 43.4 Å². The van der Waals surface area contributed by atoms with Crippen LogP contribution in [-0.2, 0) is 6.42 Å². The highest BCUT2D eigenvalue weighted by molar-refractivity contribution is 5.28. The fourth-order valence-corrected chi connectivity index (χ4v) is 2.55. The highest BCUT2D eigenvalue weighted by atomic mass is 14.8. The van der Waals surface area contributed by atoms with Crippen LogP contribution in [0.5, 0.6) is 0 Å². The standard InChI is InChI=1S/C16H27N/c1-5-7-15(12-17-6-2)11-16-9-13(3)8-14(4)10-16/h8-10,15,17H,5-7,11-12H2,1-4H3. The van der Waals surface area contributed by atoms with Gasteiger partial charge in [0, 0.05) is 0 Å². The maximum atomic E-state index is 3.48. The van der Waals surface area contributed by atoms with Crippen LogP contribution in [0.15, 0.2) is 18.2 Å². The largest absolute Gasteiger partial charge is 0.317 e. The summed E-state index contributed by atoms with van der Waals surface area (Å²) in [7, 11) is 0. The van der Waals surface area contributed by atoms with Gasteiger partial charge >= 0.3 is 0 Å². The Bertz CT molecular complexity index is 310. The monoisotopic (exact) mass is 233 g/mol. The van der Waals surface area contributed by atoms with E-state index >= 15 is 0 Å². The molecule has 0 heterocycles. The Morgan fingerprint density at radius 2 is 1.71 bits per heavy atom. The zero-order valence-electron chi connectivity index (χ0n) is 11.8. The van der Waals surface area contributed by atoms with Crippen molar-refractivity contribution in [3.05, 3.63) is 34.9 Å². The molecule has 96 valence electrons. The second kappa shape index (κ2) is 7.50. The van der Waals surface area contributed by atoms with Gasteiger partial charge in [-0.15, -0.1) is 0 Å². The molecule has 1 N–H and O–H groups in total. The third-order valence-electron chi connectivity index (χ3n) is 3.19. The van der Waals surface area contributed by atoms with Gasteiger partial charge in [-0.3, -0.25) is 0 Å². The van der Waals surface area contributed by atoms with Gasteiger partial charge < -0.3 is 5.32 Å². The van der Waals surface area contributed by atoms with Crippen molar-refractivity contribution >= 4 is 0 Å². The van der Waals surface area contributed by atoms with Gasteiger partial charge in [0.05, 0.1) is 0 Å². The lowest BCUT2D eigenvalue weighted by molar-refractivity contribution is 0.444. The molecule has 1 rings (SSSR count). The first kappa shape index (κ1) is 14.2. The molecule has 0 bridgehead atoms. The summed E-state index contributed by atoms with van der Waals surface area (Å²) in [5, 5.41) is 3.48. The molecule has 0 radical (unpaired) electrons. The van der Waals surface area contributed by atoms with Crippen molar-refractivity contribution in [3.63, 3.8) is 0 Å². The summed E-state index contributed by atoms with van der Waals surface area (Å²) in [6.45, 7) is 11.1. The van der Waals surface area contributed by atoms with Gasteiger partial charge in [0.15, 0.2) is 0 Å². The number of hydrogen-bond donors (Lipinski definition) is 1. The van der Waals surface area contributed by atoms with E-state index in [1.54, 1.807) is 0 Å². The molecule has 0 spiro atoms. The first-order valence-corrected chi connectivity index (χ1v) is 6.93. The second-order valence-electron chi connectivity index (χ2n) is 5.16. The zero-order chi connectivity index (χ0) is 12.7. The number of aryl methyl sites for hydroxylation is 2. The van der Waals surface area contributed by atoms with Crippen LogP contribution in [0.4, 0.5) is 0 Å². The minimum absolute atomic E-state index is 0.779. The molecule has 0 amide bonds. The maximum absolute atomic E-state index is 3.48. The molecule has 1 unspecified atom stereocenters. The lowest BCUT2D eigenvalue weighted by Gasteiger charge is -2.17. The molecule has 0 fully saturated rings. The summed E-state index contributed by atoms with van der Waals surface area (Å²) in [5.41, 5.74) is 4.27. The topological polar surface area (TPSA) is 12.0 Å². The quantitative estimate of drug-likeness (QED) is 0.754. The fraction of sp³-hybridized carbons (Fsp3) is 0.625. The number of rotatable bonds is 7. The SMILES string of the molecule is CCCC(CNCC)Cc1cc(C)cc(C)c1. The van der Waals surface area contributed by atoms with E-state index in [9.17, 15) is 0 Å². The molecular formula is C16H27N. The van der Waals surface area contributed by atoms with Crippen LogP contribution in [0.3, 0.4) is 0 Å². The molecule has 1 nitrogen and oxygen atoms in total. The van der Waals surface area contributed by atoms with Crippen LogP contribution in [-0.4, -0.2) is 13.1 Å². The molecule has 1 heteroatoms. The normalized spacial score (nSPS) is 12.7. The Hall–Kier alpha value is -0.820. The van der Waals surface area contributed by atoms with Crippen molar-refractivity contribution in [2.75, 3.05) is 13.1 Å². The van der Waals surface area contributed by atoms with Gasteiger partial charge in [0.25, 0.3) is 0 Å². The van der Waals surface area contributed by atoms with E-state index in [2.05, 4.69) is 51.2 Å². The van der Waals surface area contributed by atoms with Crippen LogP contribution in [0.25, 0.3) is 0 Å². The average molecular weight is 233 g/mol. The third-order valence-corrected chi connectivity index (χ3v) is 3.19. The van der Waals surface area contributed by atoms with Gasteiger partial charge in [0.2, 0.25) is 0 Å². The molecule has 0 aromatic heterocycles. The number of benzene rings is 1. The van der Waals surface area contributed by atoms with E-state index in [0.29, 0.717) is 0 Å². The molecule has 0 aliphatic heterocycles. The van der Waals surface area contributed by atoms with E-state index in [4.69, 9.17) is 0 Å². The predicted molar refractivity (Wildman–Crippen MR) is 76.6 cm³/mol. The second-order valence-corrected chi connectivity index (χ2v) is 5.16. The Morgan fingerprint density at radius 3 is 2.24 bits per heavy atom. The zero-order valence-corrected chi connectivity index (χ0v) is 11.8. The third kappa shape index (κ3) is 5.36. The number of hydrogen-bond acceptors (Lipinski definition) is 1. The van der Waals surface area contributed by atoms with E-state index in [1.807, 2.05) is 0 Å². The van der Waals surface area contributed by atoms with E-state index in [-0.39, 0.29) is 0 Å². The van der Waals surface area contributed by atoms with Gasteiger partial charge in [-0.1, -0.05) is 49.6 Å². The fourth-order valence-electron chi connectivity index (χ4n) is 2.55. The maximum Gasteiger partial charge on any atom is -0.00175 e. The van der Waals surface area contributed by atoms with Crippen molar-refractivity contribution in [1.29, 1.82) is 0 Å². The molecule has 0 aliphatic rings. The van der Waals surface area contributed by atoms with Crippen molar-refractivity contribution < 1.29 is 0 Å². The predicted octanol–water partition coefficient (Wildman–Crippen LogP) is 3.87. The highest BCUT2D eigenvalue weighted by Gasteiger charge is 2.08. The number of nitrogens with one attached hydrogen (secondary N) is 1. The van der Waals surface area contributed by atoms with Crippen LogP contribution < -0.4 is 5.32 Å². The minimum atomic E-state index is 0.779. The Kier molecular flexibility index (Phi) is 6.28. The van der Waals surface area contributed by atoms with Crippen LogP contribution in [0, 0.1) is 19.8 Å². The molecule has 0 saturated heterocycles. The van der Waals surface area contributed by atoms with Gasteiger partial charge in [-0.25, -0.2) is 0 Å². The van der Waals surface area contributed by atoms with E-state index in [1.165, 1.54) is 36.0 Å². The summed E-state index contributed by atoms with van der Waals surface area (Å²) < 4.78 is 0. The Morgan fingerprint density at radius 1 is 1.06 bits per heavy atom. The summed E-state index contributed by atoms with van der Waals surface area (Å²) >= 11 is 0. The van der Waals surface area contributed by atoms with Crippen LogP contribution in [0.2, 0.25) is 0 Å². The highest BCUT2D eigenvalue weighted by Crippen LogP contribution is 2.16. The van der Waals surface area contributed by atoms with Crippen molar-refractivity contribution in [1.82, 2.24) is 5.32 Å². The van der Waals surface area contributed by atoms with Crippen molar-refractivity contribution in [2.24, 2.45) is 5.92 Å². The molecule has 1 aromatic rings. The summed E-state index contributed by atoms with van der Waals surface area (Å²) in [5.74, 6) is 0.779. The van der Waals surface area contributed by atoms with E-state index < -0.39 is 0 Å². The molecular weight excluding hydrogens is 206 g/mol. The van der Waals surface area contributed by atoms with E-state index in [0.717, 1.165) is 19.0 Å². The molecule has 0 aliphatic carbocycles. The van der Waals surface area contributed by atoms with Gasteiger partial charge in [0.1, 0.15) is 0 Å². The summed E-state index contributed by atoms with van der Waals surface area (Å²) in [6, 6.07) is 6.92. The Labute approximate surface area is 107 Å². The summed E-state index contributed by atoms with van der Waals surface area (Å²) in [6.07, 6.45) is 3.81. The lowest BCUT2D eigenvalue weighted by Crippen LogP contribution is -2.24. The molecule has 1 atom stereocenters. The van der Waals surface area contributed by atoms with Gasteiger partial charge in [-0.05, 0) is 51.3 Å². The van der Waals surface area contributed by atoms with Crippen molar-refractivity contribution in [3.8, 4) is 0 Å². The smallest absolute Gasteiger partial charge is 0.00175 e. The molecule has 17 heavy (non-hydrogen) atoms. The molecule has 1 aromatic carbocycles. The van der Waals surface area contributed by atoms with Crippen molar-refractivity contribution in [2.45, 2.75) is 47.0 Å². The Balaban J connectivity index is 2.63. The van der Waals surface area contributed by atoms with Gasteiger partial charge in [-0.2, -0.15) is 0 Å². The van der Waals surface area contributed by atoms with Crippen LogP contribution >= 0.6 is 0 Å². The molecule has 0 saturated carbocycles.